The first-order valence-corrected chi connectivity index (χ1v) is 8.76. The van der Waals surface area contributed by atoms with Gasteiger partial charge in [0.15, 0.2) is 0 Å². The van der Waals surface area contributed by atoms with Crippen molar-refractivity contribution in [1.29, 1.82) is 0 Å². The van der Waals surface area contributed by atoms with Crippen LogP contribution in [0.3, 0.4) is 0 Å². The lowest BCUT2D eigenvalue weighted by Gasteiger charge is -2.15. The van der Waals surface area contributed by atoms with Gasteiger partial charge in [-0.05, 0) is 54.8 Å². The second-order valence-corrected chi connectivity index (χ2v) is 6.37. The highest BCUT2D eigenvalue weighted by Gasteiger charge is 2.09. The SMILES string of the molecule is CNc1cccc(C)c1COc1cc(C)cc(-c2ccccc2OC)c1. The van der Waals surface area contributed by atoms with Gasteiger partial charge in [0.2, 0.25) is 0 Å². The van der Waals surface area contributed by atoms with Crippen LogP contribution in [0.5, 0.6) is 11.5 Å². The van der Waals surface area contributed by atoms with Gasteiger partial charge in [-0.15, -0.1) is 0 Å². The van der Waals surface area contributed by atoms with Crippen molar-refractivity contribution in [2.45, 2.75) is 20.5 Å². The molecule has 0 fully saturated rings. The Kier molecular flexibility index (Phi) is 5.47. The number of rotatable bonds is 6. The number of aryl methyl sites for hydroxylation is 2. The van der Waals surface area contributed by atoms with E-state index in [1.54, 1.807) is 7.11 Å². The molecule has 0 aliphatic carbocycles. The van der Waals surface area contributed by atoms with E-state index in [4.69, 9.17) is 9.47 Å². The summed E-state index contributed by atoms with van der Waals surface area (Å²) >= 11 is 0. The van der Waals surface area contributed by atoms with E-state index < -0.39 is 0 Å². The number of hydrogen-bond donors (Lipinski definition) is 1. The van der Waals surface area contributed by atoms with E-state index in [-0.39, 0.29) is 0 Å². The Bertz CT molecular complexity index is 902. The predicted octanol–water partition coefficient (Wildman–Crippen LogP) is 5.60. The van der Waals surface area contributed by atoms with Crippen LogP contribution in [0.2, 0.25) is 0 Å². The molecule has 0 aromatic heterocycles. The number of para-hydroxylation sites is 1. The third-order valence-electron chi connectivity index (χ3n) is 4.53. The van der Waals surface area contributed by atoms with Crippen molar-refractivity contribution in [3.8, 4) is 22.6 Å². The number of anilines is 1. The van der Waals surface area contributed by atoms with Crippen molar-refractivity contribution in [3.63, 3.8) is 0 Å². The highest BCUT2D eigenvalue weighted by molar-refractivity contribution is 5.72. The van der Waals surface area contributed by atoms with Gasteiger partial charge in [-0.25, -0.2) is 0 Å². The summed E-state index contributed by atoms with van der Waals surface area (Å²) < 4.78 is 11.7. The molecule has 0 aliphatic heterocycles. The summed E-state index contributed by atoms with van der Waals surface area (Å²) in [4.78, 5) is 0. The van der Waals surface area contributed by atoms with E-state index in [1.807, 2.05) is 25.2 Å². The number of hydrogen-bond acceptors (Lipinski definition) is 3. The predicted molar refractivity (Wildman–Crippen MR) is 108 cm³/mol. The Morgan fingerprint density at radius 1 is 0.923 bits per heavy atom. The third-order valence-corrected chi connectivity index (χ3v) is 4.53. The van der Waals surface area contributed by atoms with Gasteiger partial charge in [-0.3, -0.25) is 0 Å². The molecule has 0 amide bonds. The maximum Gasteiger partial charge on any atom is 0.126 e. The molecular formula is C23H25NO2. The molecule has 0 saturated carbocycles. The van der Waals surface area contributed by atoms with Crippen LogP contribution in [-0.4, -0.2) is 14.2 Å². The summed E-state index contributed by atoms with van der Waals surface area (Å²) in [6, 6.07) is 20.6. The molecular weight excluding hydrogens is 322 g/mol. The molecule has 1 N–H and O–H groups in total. The number of methoxy groups -OCH3 is 1. The number of nitrogens with one attached hydrogen (secondary N) is 1. The van der Waals surface area contributed by atoms with Crippen LogP contribution in [0, 0.1) is 13.8 Å². The summed E-state index contributed by atoms with van der Waals surface area (Å²) in [5.41, 5.74) is 6.81. The van der Waals surface area contributed by atoms with Crippen molar-refractivity contribution in [2.24, 2.45) is 0 Å². The smallest absolute Gasteiger partial charge is 0.126 e. The van der Waals surface area contributed by atoms with Crippen LogP contribution in [-0.2, 0) is 6.61 Å². The Morgan fingerprint density at radius 2 is 1.73 bits per heavy atom. The fourth-order valence-electron chi connectivity index (χ4n) is 3.15. The van der Waals surface area contributed by atoms with Gasteiger partial charge in [0.05, 0.1) is 7.11 Å². The van der Waals surface area contributed by atoms with Crippen LogP contribution in [0.1, 0.15) is 16.7 Å². The molecule has 3 nitrogen and oxygen atoms in total. The Labute approximate surface area is 155 Å². The van der Waals surface area contributed by atoms with Crippen molar-refractivity contribution in [3.05, 3.63) is 77.4 Å². The van der Waals surface area contributed by atoms with Crippen LogP contribution in [0.4, 0.5) is 5.69 Å². The van der Waals surface area contributed by atoms with Gasteiger partial charge in [-0.2, -0.15) is 0 Å². The van der Waals surface area contributed by atoms with E-state index in [2.05, 4.69) is 61.6 Å². The minimum atomic E-state index is 0.525. The minimum absolute atomic E-state index is 0.525. The van der Waals surface area contributed by atoms with E-state index in [0.717, 1.165) is 33.9 Å². The summed E-state index contributed by atoms with van der Waals surface area (Å²) in [6.07, 6.45) is 0. The summed E-state index contributed by atoms with van der Waals surface area (Å²) in [5.74, 6) is 1.72. The molecule has 134 valence electrons. The topological polar surface area (TPSA) is 30.5 Å². The number of benzene rings is 3. The zero-order valence-corrected chi connectivity index (χ0v) is 15.8. The van der Waals surface area contributed by atoms with Crippen LogP contribution < -0.4 is 14.8 Å². The molecule has 0 saturated heterocycles. The molecule has 3 aromatic rings. The maximum absolute atomic E-state index is 6.15. The lowest BCUT2D eigenvalue weighted by atomic mass is 10.0. The van der Waals surface area contributed by atoms with Gasteiger partial charge >= 0.3 is 0 Å². The first kappa shape index (κ1) is 17.9. The molecule has 0 heterocycles. The molecule has 26 heavy (non-hydrogen) atoms. The van der Waals surface area contributed by atoms with Crippen molar-refractivity contribution < 1.29 is 9.47 Å². The van der Waals surface area contributed by atoms with E-state index in [9.17, 15) is 0 Å². The molecule has 0 radical (unpaired) electrons. The quantitative estimate of drug-likeness (QED) is 0.629. The van der Waals surface area contributed by atoms with Gasteiger partial charge in [0, 0.05) is 23.9 Å². The molecule has 0 unspecified atom stereocenters. The molecule has 0 atom stereocenters. The summed E-state index contributed by atoms with van der Waals surface area (Å²) in [5, 5.41) is 3.24. The normalized spacial score (nSPS) is 10.5. The largest absolute Gasteiger partial charge is 0.496 e. The fourth-order valence-corrected chi connectivity index (χ4v) is 3.15. The minimum Gasteiger partial charge on any atom is -0.496 e. The fraction of sp³-hybridized carbons (Fsp3) is 0.217. The molecule has 0 aliphatic rings. The Balaban J connectivity index is 1.90. The van der Waals surface area contributed by atoms with Gasteiger partial charge in [-0.1, -0.05) is 36.4 Å². The lowest BCUT2D eigenvalue weighted by Crippen LogP contribution is -2.03. The molecule has 0 spiro atoms. The van der Waals surface area contributed by atoms with Gasteiger partial charge in [0.25, 0.3) is 0 Å². The molecule has 0 bridgehead atoms. The maximum atomic E-state index is 6.15. The first-order chi connectivity index (χ1) is 12.6. The summed E-state index contributed by atoms with van der Waals surface area (Å²) in [7, 11) is 3.63. The van der Waals surface area contributed by atoms with Gasteiger partial charge < -0.3 is 14.8 Å². The zero-order valence-electron chi connectivity index (χ0n) is 15.8. The molecule has 3 rings (SSSR count). The third kappa shape index (κ3) is 3.83. The first-order valence-electron chi connectivity index (χ1n) is 8.76. The average Bonchev–Trinajstić information content (AvgIpc) is 2.66. The molecule has 3 aromatic carbocycles. The van der Waals surface area contributed by atoms with Crippen molar-refractivity contribution in [1.82, 2.24) is 0 Å². The van der Waals surface area contributed by atoms with E-state index >= 15 is 0 Å². The second kappa shape index (κ2) is 7.96. The second-order valence-electron chi connectivity index (χ2n) is 6.37. The average molecular weight is 347 g/mol. The van der Waals surface area contributed by atoms with Crippen LogP contribution in [0.15, 0.2) is 60.7 Å². The highest BCUT2D eigenvalue weighted by Crippen LogP contribution is 2.33. The monoisotopic (exact) mass is 347 g/mol. The molecule has 3 heteroatoms. The standard InChI is InChI=1S/C23H25NO2/c1-16-12-18(20-9-5-6-11-23(20)25-4)14-19(13-16)26-15-21-17(2)8-7-10-22(21)24-3/h5-14,24H,15H2,1-4H3. The lowest BCUT2D eigenvalue weighted by molar-refractivity contribution is 0.306. The highest BCUT2D eigenvalue weighted by atomic mass is 16.5. The summed E-state index contributed by atoms with van der Waals surface area (Å²) in [6.45, 7) is 4.71. The van der Waals surface area contributed by atoms with Crippen LogP contribution in [0.25, 0.3) is 11.1 Å². The van der Waals surface area contributed by atoms with Crippen molar-refractivity contribution >= 4 is 5.69 Å². The van der Waals surface area contributed by atoms with Crippen molar-refractivity contribution in [2.75, 3.05) is 19.5 Å². The Morgan fingerprint density at radius 3 is 2.50 bits per heavy atom. The van der Waals surface area contributed by atoms with E-state index in [0.29, 0.717) is 6.61 Å². The van der Waals surface area contributed by atoms with Gasteiger partial charge in [0.1, 0.15) is 18.1 Å². The van der Waals surface area contributed by atoms with Crippen LogP contribution >= 0.6 is 0 Å². The zero-order chi connectivity index (χ0) is 18.5. The number of ether oxygens (including phenoxy) is 2. The van der Waals surface area contributed by atoms with E-state index in [1.165, 1.54) is 11.1 Å². The Hall–Kier alpha value is -2.94.